The Morgan fingerprint density at radius 3 is 2.53 bits per heavy atom. The van der Waals surface area contributed by atoms with Gasteiger partial charge in [-0.2, -0.15) is 0 Å². The lowest BCUT2D eigenvalue weighted by atomic mass is 9.58. The van der Waals surface area contributed by atoms with Crippen molar-refractivity contribution in [3.63, 3.8) is 0 Å². The maximum Gasteiger partial charge on any atom is 0.160 e. The van der Waals surface area contributed by atoms with E-state index in [2.05, 4.69) is 103 Å². The molecule has 0 radical (unpaired) electrons. The SMILES string of the molecule is CCCC12Cc3c([nH]c4c3ccc3ccccc34)CC1C=CN(CCc1ccccc1)[C@@H]2C.COc1ccc(C)cc1O. The van der Waals surface area contributed by atoms with Gasteiger partial charge in [0, 0.05) is 34.5 Å². The molecule has 222 valence electrons. The Kier molecular flexibility index (Phi) is 8.21. The van der Waals surface area contributed by atoms with Gasteiger partial charge in [-0.1, -0.05) is 92.2 Å². The van der Waals surface area contributed by atoms with Crippen LogP contribution in [0, 0.1) is 18.3 Å². The molecule has 3 atom stereocenters. The number of hydrogen-bond donors (Lipinski definition) is 2. The number of hydrogen-bond acceptors (Lipinski definition) is 3. The molecular formula is C39H44N2O2. The summed E-state index contributed by atoms with van der Waals surface area (Å²) >= 11 is 0. The molecule has 1 aromatic heterocycles. The van der Waals surface area contributed by atoms with E-state index in [0.717, 1.165) is 24.9 Å². The molecule has 0 spiro atoms. The molecule has 0 saturated heterocycles. The molecule has 2 N–H and O–H groups in total. The van der Waals surface area contributed by atoms with Crippen LogP contribution in [0.15, 0.2) is 97.2 Å². The van der Waals surface area contributed by atoms with Crippen molar-refractivity contribution in [2.24, 2.45) is 11.3 Å². The van der Waals surface area contributed by atoms with Gasteiger partial charge in [0.1, 0.15) is 0 Å². The van der Waals surface area contributed by atoms with Gasteiger partial charge in [-0.25, -0.2) is 0 Å². The van der Waals surface area contributed by atoms with E-state index in [0.29, 0.717) is 23.1 Å². The van der Waals surface area contributed by atoms with Crippen LogP contribution >= 0.6 is 0 Å². The summed E-state index contributed by atoms with van der Waals surface area (Å²) in [5, 5.41) is 13.3. The largest absolute Gasteiger partial charge is 0.504 e. The molecule has 2 unspecified atom stereocenters. The molecule has 0 bridgehead atoms. The van der Waals surface area contributed by atoms with Crippen LogP contribution in [0.2, 0.25) is 0 Å². The summed E-state index contributed by atoms with van der Waals surface area (Å²) in [6.45, 7) is 7.86. The Hall–Kier alpha value is -4.18. The Morgan fingerprint density at radius 1 is 0.977 bits per heavy atom. The first-order chi connectivity index (χ1) is 20.9. The second kappa shape index (κ2) is 12.2. The fourth-order valence-electron chi connectivity index (χ4n) is 7.62. The highest BCUT2D eigenvalue weighted by Crippen LogP contribution is 2.52. The number of phenolic OH excluding ortho intramolecular Hbond substituents is 1. The van der Waals surface area contributed by atoms with Crippen LogP contribution in [0.4, 0.5) is 0 Å². The number of rotatable bonds is 6. The van der Waals surface area contributed by atoms with Gasteiger partial charge in [0.15, 0.2) is 11.5 Å². The fourth-order valence-corrected chi connectivity index (χ4v) is 7.62. The molecule has 0 saturated carbocycles. The minimum absolute atomic E-state index is 0.197. The number of benzene rings is 4. The Morgan fingerprint density at radius 2 is 1.77 bits per heavy atom. The smallest absolute Gasteiger partial charge is 0.160 e. The molecule has 7 rings (SSSR count). The molecule has 4 heteroatoms. The van der Waals surface area contributed by atoms with Gasteiger partial charge in [0.25, 0.3) is 0 Å². The van der Waals surface area contributed by atoms with E-state index in [9.17, 15) is 0 Å². The minimum Gasteiger partial charge on any atom is -0.504 e. The van der Waals surface area contributed by atoms with Gasteiger partial charge < -0.3 is 19.7 Å². The molecule has 2 heterocycles. The summed E-state index contributed by atoms with van der Waals surface area (Å²) in [6.07, 6.45) is 10.9. The van der Waals surface area contributed by atoms with E-state index in [1.54, 1.807) is 17.7 Å². The molecule has 1 aliphatic heterocycles. The first-order valence-electron chi connectivity index (χ1n) is 15.8. The van der Waals surface area contributed by atoms with Crippen LogP contribution < -0.4 is 4.74 Å². The quantitative estimate of drug-likeness (QED) is 0.213. The van der Waals surface area contributed by atoms with E-state index in [1.807, 2.05) is 13.0 Å². The van der Waals surface area contributed by atoms with Gasteiger partial charge in [-0.05, 0) is 85.9 Å². The standard InChI is InChI=1S/C31H34N2.C8H10O2/c1-3-17-31-21-28-27-14-13-24-11-7-8-12-26(24)30(27)32-29(28)20-25(31)16-19-33(22(31)2)18-15-23-9-5-4-6-10-23;1-6-3-4-8(10-2)7(9)5-6/h4-14,16,19,22,25,32H,3,15,17-18,20-21H2,1-2H3;3-5,9H,1-2H3/t22-,25?,31?;/m1./s1. The summed E-state index contributed by atoms with van der Waals surface area (Å²) in [5.74, 6) is 1.32. The molecule has 1 aliphatic carbocycles. The minimum atomic E-state index is 0.197. The number of H-pyrrole nitrogens is 1. The van der Waals surface area contributed by atoms with Crippen molar-refractivity contribution in [3.8, 4) is 11.5 Å². The van der Waals surface area contributed by atoms with Crippen molar-refractivity contribution in [3.05, 3.63) is 120 Å². The maximum absolute atomic E-state index is 9.17. The number of ether oxygens (including phenoxy) is 1. The van der Waals surface area contributed by atoms with Crippen LogP contribution in [0.25, 0.3) is 21.7 Å². The third-order valence-corrected chi connectivity index (χ3v) is 9.95. The van der Waals surface area contributed by atoms with Gasteiger partial charge in [0.05, 0.1) is 12.6 Å². The van der Waals surface area contributed by atoms with Crippen molar-refractivity contribution in [2.45, 2.75) is 58.9 Å². The zero-order valence-electron chi connectivity index (χ0n) is 25.9. The van der Waals surface area contributed by atoms with Gasteiger partial charge in [0.2, 0.25) is 0 Å². The lowest BCUT2D eigenvalue weighted by Crippen LogP contribution is -2.54. The predicted molar refractivity (Wildman–Crippen MR) is 179 cm³/mol. The number of aryl methyl sites for hydroxylation is 1. The highest BCUT2D eigenvalue weighted by atomic mass is 16.5. The molecule has 0 fully saturated rings. The molecule has 0 amide bonds. The third kappa shape index (κ3) is 5.51. The number of aromatic nitrogens is 1. The molecule has 4 aromatic carbocycles. The first-order valence-corrected chi connectivity index (χ1v) is 15.8. The lowest BCUT2D eigenvalue weighted by molar-refractivity contribution is 0.0325. The highest BCUT2D eigenvalue weighted by Gasteiger charge is 2.49. The molecule has 4 nitrogen and oxygen atoms in total. The van der Waals surface area contributed by atoms with Crippen molar-refractivity contribution in [2.75, 3.05) is 13.7 Å². The van der Waals surface area contributed by atoms with E-state index in [1.165, 1.54) is 59.3 Å². The fraction of sp³-hybridized carbons (Fsp3) is 0.333. The summed E-state index contributed by atoms with van der Waals surface area (Å²) in [4.78, 5) is 6.51. The number of phenols is 1. The maximum atomic E-state index is 9.17. The predicted octanol–water partition coefficient (Wildman–Crippen LogP) is 8.99. The normalized spacial score (nSPS) is 20.8. The number of fused-ring (bicyclic) bond motifs is 6. The number of methoxy groups -OCH3 is 1. The van der Waals surface area contributed by atoms with Crippen LogP contribution in [-0.2, 0) is 19.3 Å². The number of allylic oxidation sites excluding steroid dienone is 1. The molecule has 5 aromatic rings. The first kappa shape index (κ1) is 28.9. The third-order valence-electron chi connectivity index (χ3n) is 9.95. The number of aromatic hydroxyl groups is 1. The second-order valence-electron chi connectivity index (χ2n) is 12.4. The molecule has 43 heavy (non-hydrogen) atoms. The van der Waals surface area contributed by atoms with Crippen LogP contribution in [0.3, 0.4) is 0 Å². The summed E-state index contributed by atoms with van der Waals surface area (Å²) in [7, 11) is 1.53. The van der Waals surface area contributed by atoms with E-state index in [4.69, 9.17) is 9.84 Å². The van der Waals surface area contributed by atoms with Crippen LogP contribution in [0.5, 0.6) is 11.5 Å². The number of aromatic amines is 1. The van der Waals surface area contributed by atoms with Crippen molar-refractivity contribution in [1.29, 1.82) is 0 Å². The second-order valence-corrected chi connectivity index (χ2v) is 12.4. The van der Waals surface area contributed by atoms with Crippen LogP contribution in [0.1, 0.15) is 49.1 Å². The summed E-state index contributed by atoms with van der Waals surface area (Å²) in [5.41, 5.74) is 7.13. The van der Waals surface area contributed by atoms with Gasteiger partial charge >= 0.3 is 0 Å². The Labute approximate surface area is 256 Å². The van der Waals surface area contributed by atoms with E-state index in [-0.39, 0.29) is 5.75 Å². The topological polar surface area (TPSA) is 48.5 Å². The Bertz CT molecular complexity index is 1740. The van der Waals surface area contributed by atoms with Crippen molar-refractivity contribution < 1.29 is 9.84 Å². The van der Waals surface area contributed by atoms with E-state index >= 15 is 0 Å². The summed E-state index contributed by atoms with van der Waals surface area (Å²) in [6, 6.07) is 30.2. The number of nitrogens with zero attached hydrogens (tertiary/aromatic N) is 1. The van der Waals surface area contributed by atoms with Crippen molar-refractivity contribution in [1.82, 2.24) is 9.88 Å². The number of nitrogens with one attached hydrogen (secondary N) is 1. The zero-order chi connectivity index (χ0) is 30.0. The van der Waals surface area contributed by atoms with Gasteiger partial charge in [-0.15, -0.1) is 0 Å². The van der Waals surface area contributed by atoms with Gasteiger partial charge in [-0.3, -0.25) is 0 Å². The average Bonchev–Trinajstić information content (AvgIpc) is 3.39. The Balaban J connectivity index is 0.000000281. The zero-order valence-corrected chi connectivity index (χ0v) is 25.9. The molecular weight excluding hydrogens is 528 g/mol. The molecule has 2 aliphatic rings. The van der Waals surface area contributed by atoms with E-state index < -0.39 is 0 Å². The van der Waals surface area contributed by atoms with Crippen molar-refractivity contribution >= 4 is 21.7 Å². The monoisotopic (exact) mass is 572 g/mol. The lowest BCUT2D eigenvalue weighted by Gasteiger charge is -2.53. The average molecular weight is 573 g/mol. The summed E-state index contributed by atoms with van der Waals surface area (Å²) < 4.78 is 4.85. The highest BCUT2D eigenvalue weighted by molar-refractivity contribution is 6.07. The van der Waals surface area contributed by atoms with Crippen LogP contribution in [-0.4, -0.2) is 34.7 Å².